The summed E-state index contributed by atoms with van der Waals surface area (Å²) in [4.78, 5) is 11.5. The van der Waals surface area contributed by atoms with Crippen molar-refractivity contribution in [3.8, 4) is 0 Å². The second kappa shape index (κ2) is 7.19. The van der Waals surface area contributed by atoms with Crippen LogP contribution in [0, 0.1) is 11.7 Å². The molecule has 1 N–H and O–H groups in total. The van der Waals surface area contributed by atoms with E-state index < -0.39 is 10.0 Å². The molecule has 1 amide bonds. The lowest BCUT2D eigenvalue weighted by Gasteiger charge is -2.20. The SMILES string of the molecule is CS(=O)(=O)N(CCNC(=O)C1CC1)CCc1ccccc1F. The van der Waals surface area contributed by atoms with Crippen molar-refractivity contribution < 1.29 is 17.6 Å². The van der Waals surface area contributed by atoms with Crippen LogP contribution in [0.15, 0.2) is 24.3 Å². The molecule has 0 aromatic heterocycles. The summed E-state index contributed by atoms with van der Waals surface area (Å²) in [6.07, 6.45) is 3.25. The van der Waals surface area contributed by atoms with Crippen molar-refractivity contribution >= 4 is 15.9 Å². The number of benzene rings is 1. The van der Waals surface area contributed by atoms with E-state index in [0.29, 0.717) is 12.0 Å². The molecule has 0 heterocycles. The number of carbonyl (C=O) groups is 1. The number of sulfonamides is 1. The van der Waals surface area contributed by atoms with Gasteiger partial charge in [-0.1, -0.05) is 18.2 Å². The fraction of sp³-hybridized carbons (Fsp3) is 0.533. The van der Waals surface area contributed by atoms with E-state index in [2.05, 4.69) is 5.32 Å². The van der Waals surface area contributed by atoms with Crippen LogP contribution in [0.2, 0.25) is 0 Å². The normalized spacial score (nSPS) is 15.0. The smallest absolute Gasteiger partial charge is 0.223 e. The van der Waals surface area contributed by atoms with Crippen molar-refractivity contribution in [1.82, 2.24) is 9.62 Å². The van der Waals surface area contributed by atoms with Crippen LogP contribution in [-0.4, -0.2) is 44.5 Å². The van der Waals surface area contributed by atoms with Gasteiger partial charge in [-0.15, -0.1) is 0 Å². The summed E-state index contributed by atoms with van der Waals surface area (Å²) in [6.45, 7) is 0.671. The van der Waals surface area contributed by atoms with Crippen molar-refractivity contribution in [2.75, 3.05) is 25.9 Å². The van der Waals surface area contributed by atoms with Crippen LogP contribution >= 0.6 is 0 Å². The fourth-order valence-corrected chi connectivity index (χ4v) is 3.03. The van der Waals surface area contributed by atoms with Gasteiger partial charge in [-0.25, -0.2) is 17.1 Å². The Bertz CT molecular complexity index is 629. The second-order valence-corrected chi connectivity index (χ2v) is 7.55. The third-order valence-corrected chi connectivity index (χ3v) is 4.97. The standard InChI is InChI=1S/C15H21FN2O3S/c1-22(20,21)18(11-9-17-15(19)13-6-7-13)10-8-12-4-2-3-5-14(12)16/h2-5,13H,6-11H2,1H3,(H,17,19). The third kappa shape index (κ3) is 5.06. The second-order valence-electron chi connectivity index (χ2n) is 5.57. The Balaban J connectivity index is 1.86. The van der Waals surface area contributed by atoms with Gasteiger partial charge in [0.2, 0.25) is 15.9 Å². The van der Waals surface area contributed by atoms with Crippen LogP contribution in [-0.2, 0) is 21.2 Å². The van der Waals surface area contributed by atoms with Gasteiger partial charge in [-0.2, -0.15) is 0 Å². The topological polar surface area (TPSA) is 66.5 Å². The Morgan fingerprint density at radius 2 is 2.00 bits per heavy atom. The summed E-state index contributed by atoms with van der Waals surface area (Å²) in [5.74, 6) is -0.245. The zero-order valence-corrected chi connectivity index (χ0v) is 13.4. The zero-order valence-electron chi connectivity index (χ0n) is 12.6. The van der Waals surface area contributed by atoms with Gasteiger partial charge >= 0.3 is 0 Å². The molecule has 0 aliphatic heterocycles. The predicted molar refractivity (Wildman–Crippen MR) is 82.3 cm³/mol. The summed E-state index contributed by atoms with van der Waals surface area (Å²) >= 11 is 0. The summed E-state index contributed by atoms with van der Waals surface area (Å²) in [5.41, 5.74) is 0.484. The molecular formula is C15H21FN2O3S. The van der Waals surface area contributed by atoms with Crippen LogP contribution in [0.5, 0.6) is 0 Å². The molecule has 0 saturated heterocycles. The Labute approximate surface area is 130 Å². The molecule has 7 heteroatoms. The van der Waals surface area contributed by atoms with Crippen LogP contribution in [0.4, 0.5) is 4.39 Å². The molecule has 0 radical (unpaired) electrons. The summed E-state index contributed by atoms with van der Waals surface area (Å²) < 4.78 is 38.4. The molecule has 5 nitrogen and oxygen atoms in total. The minimum absolute atomic E-state index is 0.0115. The lowest BCUT2D eigenvalue weighted by atomic mass is 10.1. The Kier molecular flexibility index (Phi) is 5.52. The summed E-state index contributed by atoms with van der Waals surface area (Å²) in [7, 11) is -3.39. The van der Waals surface area contributed by atoms with Crippen molar-refractivity contribution in [2.45, 2.75) is 19.3 Å². The highest BCUT2D eigenvalue weighted by Crippen LogP contribution is 2.28. The number of nitrogens with zero attached hydrogens (tertiary/aromatic N) is 1. The number of nitrogens with one attached hydrogen (secondary N) is 1. The van der Waals surface area contributed by atoms with Crippen LogP contribution in [0.25, 0.3) is 0 Å². The molecular weight excluding hydrogens is 307 g/mol. The Morgan fingerprint density at radius 3 is 2.59 bits per heavy atom. The van der Waals surface area contributed by atoms with Crippen molar-refractivity contribution in [3.63, 3.8) is 0 Å². The molecule has 0 atom stereocenters. The van der Waals surface area contributed by atoms with Crippen molar-refractivity contribution in [2.24, 2.45) is 5.92 Å². The van der Waals surface area contributed by atoms with Gasteiger partial charge in [0.05, 0.1) is 6.26 Å². The molecule has 1 aliphatic carbocycles. The minimum atomic E-state index is -3.39. The monoisotopic (exact) mass is 328 g/mol. The first-order valence-electron chi connectivity index (χ1n) is 7.34. The van der Waals surface area contributed by atoms with Gasteiger partial charge < -0.3 is 5.32 Å². The maximum absolute atomic E-state index is 13.6. The maximum atomic E-state index is 13.6. The first kappa shape index (κ1) is 16.9. The number of rotatable bonds is 8. The highest BCUT2D eigenvalue weighted by molar-refractivity contribution is 7.88. The average Bonchev–Trinajstić information content (AvgIpc) is 3.27. The molecule has 2 rings (SSSR count). The van der Waals surface area contributed by atoms with E-state index in [1.807, 2.05) is 0 Å². The molecule has 0 bridgehead atoms. The molecule has 1 aromatic rings. The van der Waals surface area contributed by atoms with E-state index >= 15 is 0 Å². The molecule has 22 heavy (non-hydrogen) atoms. The molecule has 1 aliphatic rings. The number of carbonyl (C=O) groups excluding carboxylic acids is 1. The third-order valence-electron chi connectivity index (χ3n) is 3.67. The predicted octanol–water partition coefficient (Wildman–Crippen LogP) is 1.16. The van der Waals surface area contributed by atoms with E-state index in [1.54, 1.807) is 18.2 Å². The van der Waals surface area contributed by atoms with E-state index in [1.165, 1.54) is 10.4 Å². The molecule has 122 valence electrons. The van der Waals surface area contributed by atoms with Crippen molar-refractivity contribution in [1.29, 1.82) is 0 Å². The van der Waals surface area contributed by atoms with E-state index in [4.69, 9.17) is 0 Å². The first-order valence-corrected chi connectivity index (χ1v) is 9.19. The summed E-state index contributed by atoms with van der Waals surface area (Å²) in [6, 6.07) is 6.32. The van der Waals surface area contributed by atoms with E-state index in [-0.39, 0.29) is 37.3 Å². The average molecular weight is 328 g/mol. The van der Waals surface area contributed by atoms with Crippen LogP contribution < -0.4 is 5.32 Å². The summed E-state index contributed by atoms with van der Waals surface area (Å²) in [5, 5.41) is 2.74. The van der Waals surface area contributed by atoms with Gasteiger partial charge in [0, 0.05) is 25.6 Å². The molecule has 1 aromatic carbocycles. The van der Waals surface area contributed by atoms with E-state index in [9.17, 15) is 17.6 Å². The van der Waals surface area contributed by atoms with Gasteiger partial charge in [0.1, 0.15) is 5.82 Å². The first-order chi connectivity index (χ1) is 10.4. The maximum Gasteiger partial charge on any atom is 0.223 e. The van der Waals surface area contributed by atoms with Gasteiger partial charge in [0.15, 0.2) is 0 Å². The fourth-order valence-electron chi connectivity index (χ4n) is 2.18. The lowest BCUT2D eigenvalue weighted by Crippen LogP contribution is -2.39. The minimum Gasteiger partial charge on any atom is -0.355 e. The zero-order chi connectivity index (χ0) is 16.2. The highest BCUT2D eigenvalue weighted by atomic mass is 32.2. The van der Waals surface area contributed by atoms with Gasteiger partial charge in [0.25, 0.3) is 0 Å². The van der Waals surface area contributed by atoms with E-state index in [0.717, 1.165) is 19.1 Å². The van der Waals surface area contributed by atoms with Crippen LogP contribution in [0.3, 0.4) is 0 Å². The number of halogens is 1. The Morgan fingerprint density at radius 1 is 1.32 bits per heavy atom. The van der Waals surface area contributed by atoms with Gasteiger partial charge in [-0.05, 0) is 30.9 Å². The Hall–Kier alpha value is -1.47. The van der Waals surface area contributed by atoms with Gasteiger partial charge in [-0.3, -0.25) is 4.79 Å². The highest BCUT2D eigenvalue weighted by Gasteiger charge is 2.29. The number of hydrogen-bond acceptors (Lipinski definition) is 3. The quantitative estimate of drug-likeness (QED) is 0.779. The number of hydrogen-bond donors (Lipinski definition) is 1. The molecule has 1 fully saturated rings. The van der Waals surface area contributed by atoms with Crippen LogP contribution in [0.1, 0.15) is 18.4 Å². The molecule has 1 saturated carbocycles. The number of amides is 1. The largest absolute Gasteiger partial charge is 0.355 e. The van der Waals surface area contributed by atoms with Crippen molar-refractivity contribution in [3.05, 3.63) is 35.6 Å². The lowest BCUT2D eigenvalue weighted by molar-refractivity contribution is -0.122. The molecule has 0 spiro atoms. The molecule has 0 unspecified atom stereocenters.